The van der Waals surface area contributed by atoms with Gasteiger partial charge in [-0.1, -0.05) is 12.1 Å². The van der Waals surface area contributed by atoms with Crippen LogP contribution >= 0.6 is 11.3 Å². The molecule has 1 aliphatic rings. The summed E-state index contributed by atoms with van der Waals surface area (Å²) in [5, 5.41) is 3.31. The van der Waals surface area contributed by atoms with Crippen LogP contribution in [0.3, 0.4) is 0 Å². The molecule has 0 saturated carbocycles. The second kappa shape index (κ2) is 5.72. The van der Waals surface area contributed by atoms with Gasteiger partial charge in [0, 0.05) is 24.9 Å². The van der Waals surface area contributed by atoms with Crippen molar-refractivity contribution >= 4 is 27.5 Å². The number of fused-ring (bicyclic) bond motifs is 1. The molecule has 1 N–H and O–H groups in total. The fourth-order valence-electron chi connectivity index (χ4n) is 3.27. The number of thiazole rings is 1. The Balaban J connectivity index is 1.48. The lowest BCUT2D eigenvalue weighted by molar-refractivity contribution is 0.407. The van der Waals surface area contributed by atoms with E-state index in [1.54, 1.807) is 11.3 Å². The summed E-state index contributed by atoms with van der Waals surface area (Å²) in [6.45, 7) is 4.28. The van der Waals surface area contributed by atoms with Crippen LogP contribution in [0.1, 0.15) is 24.4 Å². The Morgan fingerprint density at radius 3 is 3.05 bits per heavy atom. The van der Waals surface area contributed by atoms with Gasteiger partial charge in [0.15, 0.2) is 5.13 Å². The molecular formula is C17H20N4S. The number of aromatic nitrogens is 3. The Morgan fingerprint density at radius 2 is 2.23 bits per heavy atom. The maximum Gasteiger partial charge on any atom is 0.185 e. The molecule has 1 fully saturated rings. The smallest absolute Gasteiger partial charge is 0.185 e. The summed E-state index contributed by atoms with van der Waals surface area (Å²) in [4.78, 5) is 15.3. The zero-order chi connectivity index (χ0) is 14.9. The lowest BCUT2D eigenvalue weighted by Crippen LogP contribution is -2.36. The number of para-hydroxylation sites is 2. The van der Waals surface area contributed by atoms with E-state index in [1.165, 1.54) is 18.0 Å². The van der Waals surface area contributed by atoms with E-state index in [0.29, 0.717) is 5.92 Å². The number of anilines is 1. The van der Waals surface area contributed by atoms with Crippen LogP contribution in [0.25, 0.3) is 11.0 Å². The van der Waals surface area contributed by atoms with Gasteiger partial charge in [-0.2, -0.15) is 0 Å². The van der Waals surface area contributed by atoms with Crippen LogP contribution in [0.15, 0.2) is 29.6 Å². The molecule has 0 amide bonds. The molecule has 22 heavy (non-hydrogen) atoms. The minimum atomic E-state index is 0.651. The Hall–Kier alpha value is -1.88. The average molecular weight is 312 g/mol. The second-order valence-electron chi connectivity index (χ2n) is 6.13. The molecule has 0 aliphatic carbocycles. The van der Waals surface area contributed by atoms with Crippen molar-refractivity contribution in [3.05, 3.63) is 41.2 Å². The van der Waals surface area contributed by atoms with Gasteiger partial charge in [0.1, 0.15) is 5.82 Å². The van der Waals surface area contributed by atoms with Crippen molar-refractivity contribution in [2.24, 2.45) is 5.92 Å². The number of hydrogen-bond donors (Lipinski definition) is 1. The minimum absolute atomic E-state index is 0.651. The van der Waals surface area contributed by atoms with E-state index in [2.05, 4.69) is 45.4 Å². The van der Waals surface area contributed by atoms with Crippen LogP contribution in [0.4, 0.5) is 5.13 Å². The van der Waals surface area contributed by atoms with Crippen molar-refractivity contribution in [2.45, 2.75) is 26.2 Å². The SMILES string of the molecule is Cc1csc(N2CCC[C@@H](Cc3nc4ccccc4[nH]3)C2)n1. The summed E-state index contributed by atoms with van der Waals surface area (Å²) in [6, 6.07) is 8.26. The summed E-state index contributed by atoms with van der Waals surface area (Å²) < 4.78 is 0. The molecule has 3 aromatic rings. The maximum atomic E-state index is 4.72. The van der Waals surface area contributed by atoms with Gasteiger partial charge in [0.25, 0.3) is 0 Å². The molecule has 0 unspecified atom stereocenters. The van der Waals surface area contributed by atoms with Crippen LogP contribution < -0.4 is 4.90 Å². The molecule has 1 aliphatic heterocycles. The predicted octanol–water partition coefficient (Wildman–Crippen LogP) is 3.79. The first kappa shape index (κ1) is 13.8. The normalized spacial score (nSPS) is 19.0. The number of nitrogens with one attached hydrogen (secondary N) is 1. The summed E-state index contributed by atoms with van der Waals surface area (Å²) in [7, 11) is 0. The Morgan fingerprint density at radius 1 is 1.32 bits per heavy atom. The van der Waals surface area contributed by atoms with E-state index in [9.17, 15) is 0 Å². The predicted molar refractivity (Wildman–Crippen MR) is 91.6 cm³/mol. The van der Waals surface area contributed by atoms with Gasteiger partial charge < -0.3 is 9.88 Å². The van der Waals surface area contributed by atoms with Crippen molar-refractivity contribution in [3.8, 4) is 0 Å². The Bertz CT molecular complexity index is 743. The molecule has 1 atom stereocenters. The molecule has 114 valence electrons. The molecule has 1 saturated heterocycles. The van der Waals surface area contributed by atoms with Gasteiger partial charge in [0.05, 0.1) is 16.7 Å². The summed E-state index contributed by atoms with van der Waals surface area (Å²) in [5.74, 6) is 1.77. The Kier molecular flexibility index (Phi) is 3.58. The highest BCUT2D eigenvalue weighted by Gasteiger charge is 2.23. The summed E-state index contributed by atoms with van der Waals surface area (Å²) in [6.07, 6.45) is 3.54. The molecule has 4 nitrogen and oxygen atoms in total. The number of H-pyrrole nitrogens is 1. The van der Waals surface area contributed by atoms with Crippen LogP contribution in [0.2, 0.25) is 0 Å². The van der Waals surface area contributed by atoms with Crippen LogP contribution in [-0.4, -0.2) is 28.0 Å². The zero-order valence-electron chi connectivity index (χ0n) is 12.7. The lowest BCUT2D eigenvalue weighted by Gasteiger charge is -2.32. The fourth-order valence-corrected chi connectivity index (χ4v) is 4.11. The summed E-state index contributed by atoms with van der Waals surface area (Å²) >= 11 is 1.76. The Labute approximate surface area is 134 Å². The highest BCUT2D eigenvalue weighted by atomic mass is 32.1. The topological polar surface area (TPSA) is 44.8 Å². The minimum Gasteiger partial charge on any atom is -0.348 e. The van der Waals surface area contributed by atoms with Crippen molar-refractivity contribution in [2.75, 3.05) is 18.0 Å². The van der Waals surface area contributed by atoms with E-state index in [4.69, 9.17) is 4.98 Å². The van der Waals surface area contributed by atoms with Crippen molar-refractivity contribution < 1.29 is 0 Å². The van der Waals surface area contributed by atoms with E-state index >= 15 is 0 Å². The van der Waals surface area contributed by atoms with Gasteiger partial charge >= 0.3 is 0 Å². The van der Waals surface area contributed by atoms with Crippen LogP contribution in [-0.2, 0) is 6.42 Å². The molecule has 1 aromatic carbocycles. The number of hydrogen-bond acceptors (Lipinski definition) is 4. The first-order valence-corrected chi connectivity index (χ1v) is 8.76. The van der Waals surface area contributed by atoms with Crippen LogP contribution in [0, 0.1) is 12.8 Å². The van der Waals surface area contributed by atoms with E-state index < -0.39 is 0 Å². The third-order valence-electron chi connectivity index (χ3n) is 4.32. The number of rotatable bonds is 3. The average Bonchev–Trinajstić information content (AvgIpc) is 3.13. The van der Waals surface area contributed by atoms with E-state index in [1.807, 2.05) is 6.07 Å². The third-order valence-corrected chi connectivity index (χ3v) is 5.34. The zero-order valence-corrected chi connectivity index (χ0v) is 13.6. The quantitative estimate of drug-likeness (QED) is 0.800. The molecule has 3 heterocycles. The number of aromatic amines is 1. The molecule has 0 radical (unpaired) electrons. The number of benzene rings is 1. The van der Waals surface area contributed by atoms with Crippen molar-refractivity contribution in [1.29, 1.82) is 0 Å². The first-order chi connectivity index (χ1) is 10.8. The van der Waals surface area contributed by atoms with E-state index in [-0.39, 0.29) is 0 Å². The van der Waals surface area contributed by atoms with E-state index in [0.717, 1.165) is 42.1 Å². The van der Waals surface area contributed by atoms with Crippen molar-refractivity contribution in [3.63, 3.8) is 0 Å². The molecule has 0 bridgehead atoms. The highest BCUT2D eigenvalue weighted by molar-refractivity contribution is 7.13. The van der Waals surface area contributed by atoms with Gasteiger partial charge in [-0.15, -0.1) is 11.3 Å². The first-order valence-electron chi connectivity index (χ1n) is 7.88. The fraction of sp³-hybridized carbons (Fsp3) is 0.412. The standard InChI is InChI=1S/C17H20N4S/c1-12-11-22-17(18-12)21-8-4-5-13(10-21)9-16-19-14-6-2-3-7-15(14)20-16/h2-3,6-7,11,13H,4-5,8-10H2,1H3,(H,19,20)/t13-/m0/s1. The monoisotopic (exact) mass is 312 g/mol. The molecule has 4 rings (SSSR count). The summed E-state index contributed by atoms with van der Waals surface area (Å²) in [5.41, 5.74) is 3.33. The lowest BCUT2D eigenvalue weighted by atomic mass is 9.95. The highest BCUT2D eigenvalue weighted by Crippen LogP contribution is 2.27. The third kappa shape index (κ3) is 2.73. The number of imidazole rings is 1. The van der Waals surface area contributed by atoms with Gasteiger partial charge in [-0.25, -0.2) is 9.97 Å². The number of nitrogens with zero attached hydrogens (tertiary/aromatic N) is 3. The largest absolute Gasteiger partial charge is 0.348 e. The number of piperidine rings is 1. The van der Waals surface area contributed by atoms with Gasteiger partial charge in [0.2, 0.25) is 0 Å². The second-order valence-corrected chi connectivity index (χ2v) is 6.97. The van der Waals surface area contributed by atoms with Gasteiger partial charge in [-0.3, -0.25) is 0 Å². The molecule has 5 heteroatoms. The molecule has 0 spiro atoms. The number of aryl methyl sites for hydroxylation is 1. The van der Waals surface area contributed by atoms with Crippen molar-refractivity contribution in [1.82, 2.24) is 15.0 Å². The van der Waals surface area contributed by atoms with Gasteiger partial charge in [-0.05, 0) is 37.8 Å². The maximum absolute atomic E-state index is 4.72. The molecule has 2 aromatic heterocycles. The van der Waals surface area contributed by atoms with Crippen LogP contribution in [0.5, 0.6) is 0 Å². The molecular weight excluding hydrogens is 292 g/mol.